The Morgan fingerprint density at radius 1 is 1.00 bits per heavy atom. The summed E-state index contributed by atoms with van der Waals surface area (Å²) in [6, 6.07) is 7.94. The van der Waals surface area contributed by atoms with E-state index in [0.717, 1.165) is 24.5 Å². The average molecular weight is 244 g/mol. The van der Waals surface area contributed by atoms with E-state index in [1.54, 1.807) is 4.90 Å². The smallest absolute Gasteiger partial charge is 0.234 e. The van der Waals surface area contributed by atoms with Gasteiger partial charge < -0.3 is 9.80 Å². The molecule has 2 aliphatic heterocycles. The fourth-order valence-electron chi connectivity index (χ4n) is 2.65. The number of Topliss-reactive ketones (excluding diaryl/α,β-unsaturated/α-hetero) is 1. The van der Waals surface area contributed by atoms with E-state index in [1.165, 1.54) is 12.8 Å². The van der Waals surface area contributed by atoms with Gasteiger partial charge in [-0.05, 0) is 31.0 Å². The number of carbonyl (C=O) groups excluding carboxylic acids is 2. The molecule has 0 aromatic heterocycles. The first-order valence-electron chi connectivity index (χ1n) is 6.41. The van der Waals surface area contributed by atoms with Gasteiger partial charge in [-0.1, -0.05) is 6.07 Å². The van der Waals surface area contributed by atoms with Gasteiger partial charge in [-0.15, -0.1) is 0 Å². The van der Waals surface area contributed by atoms with Gasteiger partial charge >= 0.3 is 0 Å². The van der Waals surface area contributed by atoms with Crippen molar-refractivity contribution in [2.24, 2.45) is 0 Å². The van der Waals surface area contributed by atoms with Crippen LogP contribution in [-0.4, -0.2) is 31.3 Å². The average Bonchev–Trinajstić information content (AvgIpc) is 2.99. The van der Waals surface area contributed by atoms with E-state index >= 15 is 0 Å². The Morgan fingerprint density at radius 3 is 2.39 bits per heavy atom. The van der Waals surface area contributed by atoms with Crippen LogP contribution < -0.4 is 9.80 Å². The maximum atomic E-state index is 11.7. The van der Waals surface area contributed by atoms with Gasteiger partial charge in [0.05, 0.1) is 13.0 Å². The number of benzene rings is 1. The Labute approximate surface area is 106 Å². The summed E-state index contributed by atoms with van der Waals surface area (Å²) in [5, 5.41) is 0. The van der Waals surface area contributed by atoms with Crippen LogP contribution in [0.4, 0.5) is 11.4 Å². The Hall–Kier alpha value is -1.84. The first-order chi connectivity index (χ1) is 8.74. The predicted molar refractivity (Wildman–Crippen MR) is 69.9 cm³/mol. The number of hydrogen-bond donors (Lipinski definition) is 0. The number of carbonyl (C=O) groups is 2. The molecule has 0 atom stereocenters. The van der Waals surface area contributed by atoms with Gasteiger partial charge in [-0.2, -0.15) is 0 Å². The molecule has 1 amide bonds. The minimum Gasteiger partial charge on any atom is -0.371 e. The van der Waals surface area contributed by atoms with Crippen molar-refractivity contribution in [2.75, 3.05) is 29.4 Å². The molecule has 0 N–H and O–H groups in total. The van der Waals surface area contributed by atoms with Gasteiger partial charge in [0.1, 0.15) is 0 Å². The van der Waals surface area contributed by atoms with Gasteiger partial charge in [-0.3, -0.25) is 9.59 Å². The number of nitrogens with zero attached hydrogens (tertiary/aromatic N) is 2. The SMILES string of the molecule is O=C1CC(=O)N(c2cccc(N3CCCC3)c2)C1. The summed E-state index contributed by atoms with van der Waals surface area (Å²) in [5.41, 5.74) is 1.99. The molecule has 4 nitrogen and oxygen atoms in total. The largest absolute Gasteiger partial charge is 0.371 e. The first kappa shape index (κ1) is 11.3. The maximum Gasteiger partial charge on any atom is 0.234 e. The first-order valence-corrected chi connectivity index (χ1v) is 6.41. The van der Waals surface area contributed by atoms with Crippen molar-refractivity contribution in [1.82, 2.24) is 0 Å². The van der Waals surface area contributed by atoms with Crippen LogP contribution in [0.3, 0.4) is 0 Å². The lowest BCUT2D eigenvalue weighted by atomic mass is 10.2. The Balaban J connectivity index is 1.86. The van der Waals surface area contributed by atoms with Gasteiger partial charge in [0, 0.05) is 24.5 Å². The van der Waals surface area contributed by atoms with Crippen LogP contribution in [0.25, 0.3) is 0 Å². The minimum atomic E-state index is -0.0847. The molecular formula is C14H16N2O2. The van der Waals surface area contributed by atoms with Crippen LogP contribution in [0.15, 0.2) is 24.3 Å². The van der Waals surface area contributed by atoms with Crippen LogP contribution in [0.5, 0.6) is 0 Å². The quantitative estimate of drug-likeness (QED) is 0.742. The van der Waals surface area contributed by atoms with Crippen LogP contribution in [0.2, 0.25) is 0 Å². The third kappa shape index (κ3) is 1.98. The molecule has 0 aliphatic carbocycles. The van der Waals surface area contributed by atoms with Crippen LogP contribution in [0, 0.1) is 0 Å². The highest BCUT2D eigenvalue weighted by molar-refractivity contribution is 6.15. The van der Waals surface area contributed by atoms with Gasteiger partial charge in [0.2, 0.25) is 5.91 Å². The van der Waals surface area contributed by atoms with Crippen molar-refractivity contribution < 1.29 is 9.59 Å². The highest BCUT2D eigenvalue weighted by Gasteiger charge is 2.28. The molecule has 0 radical (unpaired) electrons. The lowest BCUT2D eigenvalue weighted by Gasteiger charge is -2.21. The lowest BCUT2D eigenvalue weighted by molar-refractivity contribution is -0.121. The number of rotatable bonds is 2. The van der Waals surface area contributed by atoms with Gasteiger partial charge in [0.15, 0.2) is 5.78 Å². The molecule has 0 spiro atoms. The highest BCUT2D eigenvalue weighted by Crippen LogP contribution is 2.27. The molecule has 2 fully saturated rings. The topological polar surface area (TPSA) is 40.6 Å². The van der Waals surface area contributed by atoms with Crippen molar-refractivity contribution >= 4 is 23.1 Å². The molecule has 94 valence electrons. The molecule has 18 heavy (non-hydrogen) atoms. The predicted octanol–water partition coefficient (Wildman–Crippen LogP) is 1.59. The summed E-state index contributed by atoms with van der Waals surface area (Å²) in [4.78, 5) is 26.9. The van der Waals surface area contributed by atoms with Crippen LogP contribution in [-0.2, 0) is 9.59 Å². The molecule has 2 aliphatic rings. The summed E-state index contributed by atoms with van der Waals surface area (Å²) in [6.45, 7) is 2.38. The molecule has 2 saturated heterocycles. The second-order valence-electron chi connectivity index (χ2n) is 4.91. The normalized spacial score (nSPS) is 20.0. The summed E-state index contributed by atoms with van der Waals surface area (Å²) in [6.07, 6.45) is 2.50. The molecule has 4 heteroatoms. The van der Waals surface area contributed by atoms with E-state index in [-0.39, 0.29) is 24.7 Å². The minimum absolute atomic E-state index is 0.00609. The summed E-state index contributed by atoms with van der Waals surface area (Å²) < 4.78 is 0. The maximum absolute atomic E-state index is 11.7. The lowest BCUT2D eigenvalue weighted by Crippen LogP contribution is -2.25. The van der Waals surface area contributed by atoms with Crippen molar-refractivity contribution in [3.8, 4) is 0 Å². The number of amides is 1. The summed E-state index contributed by atoms with van der Waals surface area (Å²) in [5.74, 6) is -0.0786. The van der Waals surface area contributed by atoms with Crippen LogP contribution >= 0.6 is 0 Å². The standard InChI is InChI=1S/C14H16N2O2/c17-13-9-14(18)16(10-13)12-5-3-4-11(8-12)15-6-1-2-7-15/h3-5,8H,1-2,6-7,9-10H2. The molecule has 1 aromatic carbocycles. The third-order valence-corrected chi connectivity index (χ3v) is 3.60. The zero-order valence-electron chi connectivity index (χ0n) is 10.3. The number of anilines is 2. The Kier molecular flexibility index (Phi) is 2.78. The fraction of sp³-hybridized carbons (Fsp3) is 0.429. The molecular weight excluding hydrogens is 228 g/mol. The molecule has 0 saturated carbocycles. The molecule has 3 rings (SSSR count). The molecule has 0 bridgehead atoms. The van der Waals surface area contributed by atoms with Crippen molar-refractivity contribution in [3.05, 3.63) is 24.3 Å². The fourth-order valence-corrected chi connectivity index (χ4v) is 2.65. The molecule has 0 unspecified atom stereocenters. The third-order valence-electron chi connectivity index (χ3n) is 3.60. The van der Waals surface area contributed by atoms with Gasteiger partial charge in [-0.25, -0.2) is 0 Å². The van der Waals surface area contributed by atoms with Crippen molar-refractivity contribution in [2.45, 2.75) is 19.3 Å². The van der Waals surface area contributed by atoms with E-state index in [9.17, 15) is 9.59 Å². The van der Waals surface area contributed by atoms with E-state index in [2.05, 4.69) is 11.0 Å². The van der Waals surface area contributed by atoms with E-state index in [1.807, 2.05) is 18.2 Å². The Bertz CT molecular complexity index is 492. The number of ketones is 1. The number of hydrogen-bond acceptors (Lipinski definition) is 3. The molecule has 1 aromatic rings. The van der Waals surface area contributed by atoms with Crippen molar-refractivity contribution in [3.63, 3.8) is 0 Å². The van der Waals surface area contributed by atoms with Gasteiger partial charge in [0.25, 0.3) is 0 Å². The monoisotopic (exact) mass is 244 g/mol. The zero-order chi connectivity index (χ0) is 12.5. The molecule has 2 heterocycles. The highest BCUT2D eigenvalue weighted by atomic mass is 16.2. The van der Waals surface area contributed by atoms with Crippen molar-refractivity contribution in [1.29, 1.82) is 0 Å². The second-order valence-corrected chi connectivity index (χ2v) is 4.91. The zero-order valence-corrected chi connectivity index (χ0v) is 10.3. The second kappa shape index (κ2) is 4.44. The Morgan fingerprint density at radius 2 is 1.72 bits per heavy atom. The summed E-state index contributed by atoms with van der Waals surface area (Å²) in [7, 11) is 0. The van der Waals surface area contributed by atoms with E-state index in [4.69, 9.17) is 0 Å². The van der Waals surface area contributed by atoms with E-state index in [0.29, 0.717) is 0 Å². The summed E-state index contributed by atoms with van der Waals surface area (Å²) >= 11 is 0. The van der Waals surface area contributed by atoms with E-state index < -0.39 is 0 Å². The van der Waals surface area contributed by atoms with Crippen LogP contribution in [0.1, 0.15) is 19.3 Å².